The Morgan fingerprint density at radius 2 is 1.76 bits per heavy atom. The summed E-state index contributed by atoms with van der Waals surface area (Å²) in [6, 6.07) is 0. The smallest absolute Gasteiger partial charge is 0.314 e. The average molecular weight is 529 g/mol. The number of esters is 1. The first-order valence-corrected chi connectivity index (χ1v) is 13.4. The van der Waals surface area contributed by atoms with Gasteiger partial charge in [-0.25, -0.2) is 0 Å². The van der Waals surface area contributed by atoms with Crippen LogP contribution in [-0.4, -0.2) is 103 Å². The predicted octanol–water partition coefficient (Wildman–Crippen LogP) is -1.38. The van der Waals surface area contributed by atoms with E-state index in [2.05, 4.69) is 0 Å². The molecule has 0 aromatic carbocycles. The molecule has 1 aliphatic heterocycles. The van der Waals surface area contributed by atoms with Crippen molar-refractivity contribution in [3.63, 3.8) is 0 Å². The van der Waals surface area contributed by atoms with E-state index < -0.39 is 95.5 Å². The SMILES string of the molecule is C[C@@]12CCC[C@@](C)(C(=O)O[C@H]3O[C@H](CO)[C@@H](O)[C@H](O)[C@H]3O)[C@H]1CC[C@@]13C[C@@H](C[C@H](O)[C@H]12)[C@](O)(CO)C3=O. The van der Waals surface area contributed by atoms with Gasteiger partial charge in [-0.2, -0.15) is 0 Å². The lowest BCUT2D eigenvalue weighted by Gasteiger charge is -2.63. The summed E-state index contributed by atoms with van der Waals surface area (Å²) in [6.07, 6.45) is -5.43. The van der Waals surface area contributed by atoms with Gasteiger partial charge < -0.3 is 45.2 Å². The first-order valence-electron chi connectivity index (χ1n) is 13.4. The summed E-state index contributed by atoms with van der Waals surface area (Å²) in [5.74, 6) is -2.35. The average Bonchev–Trinajstić information content (AvgIpc) is 3.02. The highest BCUT2D eigenvalue weighted by molar-refractivity contribution is 5.96. The molecule has 5 aliphatic rings. The number of aliphatic hydroxyl groups excluding tert-OH is 6. The van der Waals surface area contributed by atoms with E-state index in [-0.39, 0.29) is 12.3 Å². The van der Waals surface area contributed by atoms with Crippen LogP contribution in [0.5, 0.6) is 0 Å². The fourth-order valence-electron chi connectivity index (χ4n) is 9.29. The maximum absolute atomic E-state index is 13.7. The summed E-state index contributed by atoms with van der Waals surface area (Å²) in [4.78, 5) is 27.4. The monoisotopic (exact) mass is 528 g/mol. The molecule has 1 heterocycles. The maximum Gasteiger partial charge on any atom is 0.314 e. The van der Waals surface area contributed by atoms with E-state index >= 15 is 0 Å². The summed E-state index contributed by atoms with van der Waals surface area (Å²) >= 11 is 0. The number of aliphatic hydroxyl groups is 7. The zero-order chi connectivity index (χ0) is 27.1. The zero-order valence-electron chi connectivity index (χ0n) is 21.3. The quantitative estimate of drug-likeness (QED) is 0.212. The molecule has 5 fully saturated rings. The standard InChI is InChI=1S/C26H40O11/c1-23-5-3-6-24(2,22(34)37-20-18(32)17(31)16(30)14(10-27)36-20)15(23)4-7-25-9-12(8-13(29)19(23)25)26(35,11-28)21(25)33/h12-20,27-32,35H,3-11H2,1-2H3/t12-,13+,14-,15+,16-,17+,18-,19+,20-,23-,24-,25-,26-/m1/s1. The molecule has 37 heavy (non-hydrogen) atoms. The van der Waals surface area contributed by atoms with Crippen LogP contribution in [0.15, 0.2) is 0 Å². The third kappa shape index (κ3) is 3.55. The lowest BCUT2D eigenvalue weighted by Crippen LogP contribution is -2.64. The summed E-state index contributed by atoms with van der Waals surface area (Å²) < 4.78 is 11.0. The number of carbonyl (C=O) groups excluding carboxylic acids is 2. The van der Waals surface area contributed by atoms with Crippen LogP contribution < -0.4 is 0 Å². The zero-order valence-corrected chi connectivity index (χ0v) is 21.3. The van der Waals surface area contributed by atoms with Crippen LogP contribution in [0.2, 0.25) is 0 Å². The van der Waals surface area contributed by atoms with Crippen LogP contribution in [-0.2, 0) is 19.1 Å². The maximum atomic E-state index is 13.7. The molecule has 0 aromatic rings. The molecule has 4 aliphatic carbocycles. The van der Waals surface area contributed by atoms with Gasteiger partial charge in [0.25, 0.3) is 0 Å². The summed E-state index contributed by atoms with van der Waals surface area (Å²) in [5, 5.41) is 72.3. The topological polar surface area (TPSA) is 194 Å². The van der Waals surface area contributed by atoms with Gasteiger partial charge in [-0.1, -0.05) is 13.3 Å². The normalized spacial score (nSPS) is 55.4. The van der Waals surface area contributed by atoms with Crippen LogP contribution in [0.1, 0.15) is 58.8 Å². The van der Waals surface area contributed by atoms with Crippen LogP contribution in [0.25, 0.3) is 0 Å². The molecule has 1 saturated heterocycles. The van der Waals surface area contributed by atoms with Gasteiger partial charge in [0.15, 0.2) is 5.78 Å². The van der Waals surface area contributed by atoms with Crippen molar-refractivity contribution < 1.29 is 54.8 Å². The Hall–Kier alpha value is -1.18. The molecule has 4 saturated carbocycles. The highest BCUT2D eigenvalue weighted by Gasteiger charge is 2.74. The molecule has 0 unspecified atom stereocenters. The predicted molar refractivity (Wildman–Crippen MR) is 124 cm³/mol. The largest absolute Gasteiger partial charge is 0.432 e. The molecule has 11 heteroatoms. The molecular formula is C26H40O11. The minimum atomic E-state index is -1.86. The minimum absolute atomic E-state index is 0.198. The van der Waals surface area contributed by atoms with Crippen LogP contribution in [0.4, 0.5) is 0 Å². The van der Waals surface area contributed by atoms with E-state index in [9.17, 15) is 45.3 Å². The fraction of sp³-hybridized carbons (Fsp3) is 0.923. The molecule has 0 radical (unpaired) electrons. The lowest BCUT2D eigenvalue weighted by atomic mass is 9.40. The van der Waals surface area contributed by atoms with Crippen LogP contribution in [0, 0.1) is 34.0 Å². The second kappa shape index (κ2) is 8.92. The van der Waals surface area contributed by atoms with E-state index in [0.717, 1.165) is 0 Å². The summed E-state index contributed by atoms with van der Waals surface area (Å²) in [5.41, 5.74) is -4.53. The Bertz CT molecular complexity index is 941. The van der Waals surface area contributed by atoms with Gasteiger partial charge in [-0.3, -0.25) is 9.59 Å². The molecule has 11 nitrogen and oxygen atoms in total. The molecule has 210 valence electrons. The molecule has 0 amide bonds. The van der Waals surface area contributed by atoms with Gasteiger partial charge >= 0.3 is 5.97 Å². The molecule has 7 N–H and O–H groups in total. The van der Waals surface area contributed by atoms with Gasteiger partial charge in [0.1, 0.15) is 30.0 Å². The van der Waals surface area contributed by atoms with Crippen molar-refractivity contribution in [2.75, 3.05) is 13.2 Å². The Morgan fingerprint density at radius 3 is 2.41 bits per heavy atom. The first-order chi connectivity index (χ1) is 17.3. The number of Topliss-reactive ketones (excluding diaryl/α,β-unsaturated/α-hetero) is 1. The number of rotatable bonds is 4. The number of hydrogen-bond acceptors (Lipinski definition) is 11. The number of ketones is 1. The Labute approximate surface area is 215 Å². The van der Waals surface area contributed by atoms with E-state index in [1.54, 1.807) is 6.92 Å². The number of ether oxygens (including phenoxy) is 2. The molecule has 5 rings (SSSR count). The van der Waals surface area contributed by atoms with E-state index in [4.69, 9.17) is 9.47 Å². The van der Waals surface area contributed by atoms with Crippen molar-refractivity contribution in [3.05, 3.63) is 0 Å². The van der Waals surface area contributed by atoms with Crippen molar-refractivity contribution in [2.45, 2.75) is 101 Å². The molecule has 1 spiro atoms. The van der Waals surface area contributed by atoms with Gasteiger partial charge in [-0.05, 0) is 56.8 Å². The van der Waals surface area contributed by atoms with E-state index in [0.29, 0.717) is 38.5 Å². The first kappa shape index (κ1) is 27.4. The van der Waals surface area contributed by atoms with Gasteiger partial charge in [-0.15, -0.1) is 0 Å². The van der Waals surface area contributed by atoms with Crippen LogP contribution in [0.3, 0.4) is 0 Å². The Kier molecular flexibility index (Phi) is 6.60. The second-order valence-electron chi connectivity index (χ2n) is 12.7. The third-order valence-electron chi connectivity index (χ3n) is 11.0. The summed E-state index contributed by atoms with van der Waals surface area (Å²) in [7, 11) is 0. The third-order valence-corrected chi connectivity index (χ3v) is 11.0. The van der Waals surface area contributed by atoms with E-state index in [1.165, 1.54) is 0 Å². The van der Waals surface area contributed by atoms with Crippen molar-refractivity contribution in [1.29, 1.82) is 0 Å². The summed E-state index contributed by atoms with van der Waals surface area (Å²) in [6.45, 7) is 2.45. The van der Waals surface area contributed by atoms with Crippen LogP contribution >= 0.6 is 0 Å². The van der Waals surface area contributed by atoms with Gasteiger partial charge in [0.2, 0.25) is 6.29 Å². The fourth-order valence-corrected chi connectivity index (χ4v) is 9.29. The van der Waals surface area contributed by atoms with Gasteiger partial charge in [0.05, 0.1) is 24.7 Å². The number of fused-ring (bicyclic) bond motifs is 3. The van der Waals surface area contributed by atoms with E-state index in [1.807, 2.05) is 6.92 Å². The minimum Gasteiger partial charge on any atom is -0.432 e. The van der Waals surface area contributed by atoms with Crippen molar-refractivity contribution in [2.24, 2.45) is 34.0 Å². The highest BCUT2D eigenvalue weighted by Crippen LogP contribution is 2.71. The molecule has 13 atom stereocenters. The number of hydrogen-bond donors (Lipinski definition) is 7. The Balaban J connectivity index is 1.44. The van der Waals surface area contributed by atoms with Crippen molar-refractivity contribution in [3.8, 4) is 0 Å². The number of carbonyl (C=O) groups is 2. The molecular weight excluding hydrogens is 488 g/mol. The second-order valence-corrected chi connectivity index (χ2v) is 12.7. The molecule has 2 bridgehead atoms. The van der Waals surface area contributed by atoms with Crippen molar-refractivity contribution in [1.82, 2.24) is 0 Å². The Morgan fingerprint density at radius 1 is 1.05 bits per heavy atom. The molecule has 0 aromatic heterocycles. The highest BCUT2D eigenvalue weighted by atomic mass is 16.7. The van der Waals surface area contributed by atoms with Gasteiger partial charge in [0, 0.05) is 17.3 Å². The van der Waals surface area contributed by atoms with Crippen molar-refractivity contribution >= 4 is 11.8 Å². The lowest BCUT2D eigenvalue weighted by molar-refractivity contribution is -0.298.